The Labute approximate surface area is 184 Å². The second kappa shape index (κ2) is 7.27. The van der Waals surface area contributed by atoms with Crippen molar-refractivity contribution in [2.24, 2.45) is 5.92 Å². The number of aromatic amines is 1. The third kappa shape index (κ3) is 3.07. The third-order valence-corrected chi connectivity index (χ3v) is 7.47. The van der Waals surface area contributed by atoms with E-state index < -0.39 is 0 Å². The summed E-state index contributed by atoms with van der Waals surface area (Å²) in [5, 5.41) is 8.13. The molecule has 1 aromatic carbocycles. The fourth-order valence-electron chi connectivity index (χ4n) is 5.32. The maximum Gasteiger partial charge on any atom is 0.322 e. The summed E-state index contributed by atoms with van der Waals surface area (Å²) in [4.78, 5) is 33.9. The van der Waals surface area contributed by atoms with E-state index in [0.29, 0.717) is 6.54 Å². The van der Waals surface area contributed by atoms with Gasteiger partial charge >= 0.3 is 6.03 Å². The highest BCUT2D eigenvalue weighted by Crippen LogP contribution is 2.41. The van der Waals surface area contributed by atoms with E-state index in [4.69, 9.17) is 0 Å². The van der Waals surface area contributed by atoms with Gasteiger partial charge in [0.1, 0.15) is 0 Å². The first-order valence-corrected chi connectivity index (χ1v) is 11.8. The molecule has 0 spiro atoms. The van der Waals surface area contributed by atoms with Crippen LogP contribution in [0.1, 0.15) is 24.0 Å². The van der Waals surface area contributed by atoms with Crippen LogP contribution in [0.5, 0.6) is 0 Å². The zero-order valence-electron chi connectivity index (χ0n) is 17.1. The Kier molecular flexibility index (Phi) is 4.38. The largest absolute Gasteiger partial charge is 0.361 e. The van der Waals surface area contributed by atoms with E-state index in [1.807, 2.05) is 32.7 Å². The number of aromatic nitrogens is 1. The standard InChI is InChI=1S/C24H24N4O2S/c29-23(27-7-1-2-8-27)16-10-19-18-4-3-5-20-22(18)15(12-25-20)11-21(19)28(13-16)24(30)26-17-6-9-31-14-17/h3-6,9-10,12,14,16,21,25H,1-2,7-8,11,13H2,(H,26,30)/t16-,21-/m1/s1. The number of anilines is 1. The summed E-state index contributed by atoms with van der Waals surface area (Å²) in [6, 6.07) is 7.94. The molecular weight excluding hydrogens is 408 g/mol. The van der Waals surface area contributed by atoms with Gasteiger partial charge in [0.05, 0.1) is 17.6 Å². The minimum Gasteiger partial charge on any atom is -0.361 e. The number of urea groups is 1. The van der Waals surface area contributed by atoms with E-state index in [9.17, 15) is 9.59 Å². The molecule has 2 aliphatic heterocycles. The quantitative estimate of drug-likeness (QED) is 0.633. The monoisotopic (exact) mass is 432 g/mol. The Balaban J connectivity index is 1.41. The summed E-state index contributed by atoms with van der Waals surface area (Å²) < 4.78 is 0. The summed E-state index contributed by atoms with van der Waals surface area (Å²) in [6.07, 6.45) is 7.08. The maximum absolute atomic E-state index is 13.4. The Morgan fingerprint density at radius 1 is 1.16 bits per heavy atom. The van der Waals surface area contributed by atoms with Crippen LogP contribution in [0.25, 0.3) is 16.5 Å². The molecule has 2 N–H and O–H groups in total. The minimum absolute atomic E-state index is 0.0739. The first-order valence-electron chi connectivity index (χ1n) is 10.9. The van der Waals surface area contributed by atoms with E-state index in [0.717, 1.165) is 54.7 Å². The topological polar surface area (TPSA) is 68.4 Å². The molecular formula is C24H24N4O2S. The number of fused-ring (bicyclic) bond motifs is 2. The molecule has 0 bridgehead atoms. The van der Waals surface area contributed by atoms with Crippen LogP contribution in [-0.4, -0.2) is 52.4 Å². The number of H-pyrrole nitrogens is 1. The van der Waals surface area contributed by atoms with Crippen molar-refractivity contribution in [3.63, 3.8) is 0 Å². The van der Waals surface area contributed by atoms with E-state index in [-0.39, 0.29) is 23.9 Å². The summed E-state index contributed by atoms with van der Waals surface area (Å²) >= 11 is 1.55. The van der Waals surface area contributed by atoms with Crippen molar-refractivity contribution < 1.29 is 9.59 Å². The first-order chi connectivity index (χ1) is 15.2. The predicted molar refractivity (Wildman–Crippen MR) is 123 cm³/mol. The van der Waals surface area contributed by atoms with Crippen molar-refractivity contribution in [3.05, 3.63) is 58.4 Å². The van der Waals surface area contributed by atoms with Gasteiger partial charge in [0.15, 0.2) is 0 Å². The highest BCUT2D eigenvalue weighted by atomic mass is 32.1. The fraction of sp³-hybridized carbons (Fsp3) is 0.333. The second-order valence-corrected chi connectivity index (χ2v) is 9.40. The molecule has 0 radical (unpaired) electrons. The molecule has 1 saturated heterocycles. The van der Waals surface area contributed by atoms with E-state index in [2.05, 4.69) is 34.7 Å². The molecule has 3 aromatic rings. The number of likely N-dealkylation sites (tertiary alicyclic amines) is 1. The lowest BCUT2D eigenvalue weighted by Crippen LogP contribution is -2.52. The SMILES string of the molecule is O=C([C@@H]1C=C2c3cccc4[nH]cc(c34)C[C@H]2N(C(=O)Nc2ccsc2)C1)N1CCCC1. The van der Waals surface area contributed by atoms with Crippen LogP contribution in [0, 0.1) is 5.92 Å². The van der Waals surface area contributed by atoms with Gasteiger partial charge in [0.25, 0.3) is 0 Å². The summed E-state index contributed by atoms with van der Waals surface area (Å²) in [6.45, 7) is 2.05. The van der Waals surface area contributed by atoms with E-state index in [1.54, 1.807) is 11.3 Å². The van der Waals surface area contributed by atoms with Gasteiger partial charge in [-0.25, -0.2) is 4.79 Å². The van der Waals surface area contributed by atoms with Crippen LogP contribution in [0.3, 0.4) is 0 Å². The highest BCUT2D eigenvalue weighted by molar-refractivity contribution is 7.08. The number of carbonyl (C=O) groups excluding carboxylic acids is 2. The zero-order chi connectivity index (χ0) is 20.9. The molecule has 6 rings (SSSR count). The fourth-order valence-corrected chi connectivity index (χ4v) is 5.91. The lowest BCUT2D eigenvalue weighted by Gasteiger charge is -2.42. The van der Waals surface area contributed by atoms with Gasteiger partial charge in [0, 0.05) is 42.1 Å². The number of benzene rings is 1. The number of thiophene rings is 1. The number of hydrogen-bond donors (Lipinski definition) is 2. The second-order valence-electron chi connectivity index (χ2n) is 8.62. The van der Waals surface area contributed by atoms with Crippen LogP contribution in [0.15, 0.2) is 47.3 Å². The van der Waals surface area contributed by atoms with Crippen molar-refractivity contribution in [1.29, 1.82) is 0 Å². The summed E-state index contributed by atoms with van der Waals surface area (Å²) in [5.74, 6) is -0.169. The van der Waals surface area contributed by atoms with Gasteiger partial charge in [-0.2, -0.15) is 11.3 Å². The molecule has 6 nitrogen and oxygen atoms in total. The third-order valence-electron chi connectivity index (χ3n) is 6.79. The van der Waals surface area contributed by atoms with Crippen LogP contribution < -0.4 is 5.32 Å². The van der Waals surface area contributed by atoms with Crippen LogP contribution in [0.4, 0.5) is 10.5 Å². The number of rotatable bonds is 2. The van der Waals surface area contributed by atoms with E-state index in [1.165, 1.54) is 10.9 Å². The summed E-state index contributed by atoms with van der Waals surface area (Å²) in [7, 11) is 0. The molecule has 31 heavy (non-hydrogen) atoms. The van der Waals surface area contributed by atoms with Crippen molar-refractivity contribution in [2.75, 3.05) is 25.0 Å². The predicted octanol–water partition coefficient (Wildman–Crippen LogP) is 4.32. The van der Waals surface area contributed by atoms with Crippen LogP contribution in [0.2, 0.25) is 0 Å². The number of nitrogens with one attached hydrogen (secondary N) is 2. The smallest absolute Gasteiger partial charge is 0.322 e. The average Bonchev–Trinajstić information content (AvgIpc) is 3.56. The van der Waals surface area contributed by atoms with Crippen LogP contribution >= 0.6 is 11.3 Å². The van der Waals surface area contributed by atoms with Gasteiger partial charge in [-0.3, -0.25) is 4.79 Å². The van der Waals surface area contributed by atoms with Crippen molar-refractivity contribution in [3.8, 4) is 0 Å². The molecule has 2 atom stereocenters. The van der Waals surface area contributed by atoms with Gasteiger partial charge < -0.3 is 20.1 Å². The minimum atomic E-state index is -0.312. The Hall–Kier alpha value is -3.06. The molecule has 158 valence electrons. The van der Waals surface area contributed by atoms with Gasteiger partial charge in [-0.05, 0) is 53.5 Å². The molecule has 1 fully saturated rings. The lowest BCUT2D eigenvalue weighted by atomic mass is 9.79. The molecule has 0 unspecified atom stereocenters. The Morgan fingerprint density at radius 3 is 2.84 bits per heavy atom. The highest BCUT2D eigenvalue weighted by Gasteiger charge is 2.40. The average molecular weight is 433 g/mol. The molecule has 0 saturated carbocycles. The number of carbonyl (C=O) groups is 2. The van der Waals surface area contributed by atoms with E-state index >= 15 is 0 Å². The normalized spacial score (nSPS) is 22.4. The molecule has 3 amide bonds. The lowest BCUT2D eigenvalue weighted by molar-refractivity contribution is -0.133. The summed E-state index contributed by atoms with van der Waals surface area (Å²) in [5.41, 5.74) is 5.37. The molecule has 4 heterocycles. The number of hydrogen-bond acceptors (Lipinski definition) is 3. The zero-order valence-corrected chi connectivity index (χ0v) is 18.0. The van der Waals surface area contributed by atoms with Gasteiger partial charge in [-0.1, -0.05) is 18.2 Å². The first kappa shape index (κ1) is 18.7. The van der Waals surface area contributed by atoms with Crippen LogP contribution in [-0.2, 0) is 11.2 Å². The maximum atomic E-state index is 13.4. The van der Waals surface area contributed by atoms with Crippen molar-refractivity contribution in [1.82, 2.24) is 14.8 Å². The van der Waals surface area contributed by atoms with Crippen molar-refractivity contribution >= 4 is 45.4 Å². The van der Waals surface area contributed by atoms with Gasteiger partial charge in [0.2, 0.25) is 5.91 Å². The molecule has 1 aliphatic carbocycles. The number of amides is 3. The Morgan fingerprint density at radius 2 is 2.03 bits per heavy atom. The molecule has 2 aromatic heterocycles. The Bertz CT molecular complexity index is 1190. The molecule has 7 heteroatoms. The number of nitrogens with zero attached hydrogens (tertiary/aromatic N) is 2. The van der Waals surface area contributed by atoms with Crippen molar-refractivity contribution in [2.45, 2.75) is 25.3 Å². The van der Waals surface area contributed by atoms with Gasteiger partial charge in [-0.15, -0.1) is 0 Å². The molecule has 3 aliphatic rings.